The molecule has 2 aromatic rings. The molecule has 1 N–H and O–H groups in total. The molecule has 156 valence electrons. The minimum absolute atomic E-state index is 0.0326. The highest BCUT2D eigenvalue weighted by Crippen LogP contribution is 2.32. The van der Waals surface area contributed by atoms with Crippen LogP contribution in [-0.4, -0.2) is 36.1 Å². The Kier molecular flexibility index (Phi) is 5.52. The van der Waals surface area contributed by atoms with Gasteiger partial charge in [0.25, 0.3) is 15.7 Å². The zero-order valence-corrected chi connectivity index (χ0v) is 16.6. The Labute approximate surface area is 171 Å². The number of hydrogen-bond acceptors (Lipinski definition) is 8. The Morgan fingerprint density at radius 2 is 1.83 bits per heavy atom. The van der Waals surface area contributed by atoms with Gasteiger partial charge in [-0.2, -0.15) is 5.01 Å². The van der Waals surface area contributed by atoms with E-state index >= 15 is 0 Å². The van der Waals surface area contributed by atoms with E-state index in [9.17, 15) is 28.1 Å². The van der Waals surface area contributed by atoms with Crippen molar-refractivity contribution in [3.8, 4) is 0 Å². The first-order valence-electron chi connectivity index (χ1n) is 8.52. The second kappa shape index (κ2) is 7.91. The van der Waals surface area contributed by atoms with E-state index in [4.69, 9.17) is 4.74 Å². The number of carbonyl (C=O) groups excluding carboxylic acids is 2. The molecule has 1 atom stereocenters. The van der Waals surface area contributed by atoms with Crippen molar-refractivity contribution >= 4 is 33.4 Å². The maximum atomic E-state index is 12.0. The summed E-state index contributed by atoms with van der Waals surface area (Å²) in [7, 11) is -4.00. The summed E-state index contributed by atoms with van der Waals surface area (Å²) in [6, 6.07) is 10.9. The third-order valence-corrected chi connectivity index (χ3v) is 5.47. The SMILES string of the molecule is CC(=O)NS(=O)(=O)c1ccc(C2=NN(C(C)=O)C(c3cccc([N+](=O)[O-])c3)O2)cc1. The molecule has 0 aliphatic carbocycles. The Bertz CT molecular complexity index is 1160. The van der Waals surface area contributed by atoms with E-state index in [1.165, 1.54) is 49.4 Å². The Morgan fingerprint density at radius 3 is 2.40 bits per heavy atom. The van der Waals surface area contributed by atoms with Gasteiger partial charge in [0.2, 0.25) is 23.9 Å². The minimum atomic E-state index is -4.00. The zero-order valence-electron chi connectivity index (χ0n) is 15.8. The number of nitrogens with one attached hydrogen (secondary N) is 1. The predicted octanol–water partition coefficient (Wildman–Crippen LogP) is 1.66. The zero-order chi connectivity index (χ0) is 22.1. The summed E-state index contributed by atoms with van der Waals surface area (Å²) in [6.45, 7) is 2.35. The topological polar surface area (TPSA) is 148 Å². The summed E-state index contributed by atoms with van der Waals surface area (Å²) < 4.78 is 31.7. The van der Waals surface area contributed by atoms with Crippen LogP contribution in [0.3, 0.4) is 0 Å². The third kappa shape index (κ3) is 4.27. The molecule has 30 heavy (non-hydrogen) atoms. The molecule has 11 nitrogen and oxygen atoms in total. The average Bonchev–Trinajstić information content (AvgIpc) is 3.13. The number of nitro groups is 1. The normalized spacial score (nSPS) is 15.9. The molecule has 1 heterocycles. The molecule has 2 aromatic carbocycles. The molecule has 2 amide bonds. The summed E-state index contributed by atoms with van der Waals surface area (Å²) >= 11 is 0. The van der Waals surface area contributed by atoms with Gasteiger partial charge in [-0.25, -0.2) is 13.1 Å². The third-order valence-electron chi connectivity index (χ3n) is 4.02. The lowest BCUT2D eigenvalue weighted by Crippen LogP contribution is -2.28. The van der Waals surface area contributed by atoms with E-state index in [0.29, 0.717) is 11.1 Å². The largest absolute Gasteiger partial charge is 0.446 e. The van der Waals surface area contributed by atoms with Crippen LogP contribution >= 0.6 is 0 Å². The van der Waals surface area contributed by atoms with Crippen LogP contribution in [0.1, 0.15) is 31.2 Å². The van der Waals surface area contributed by atoms with Crippen molar-refractivity contribution in [2.45, 2.75) is 25.0 Å². The number of hydrazone groups is 1. The molecule has 1 unspecified atom stereocenters. The summed E-state index contributed by atoms with van der Waals surface area (Å²) in [5.41, 5.74) is 0.555. The van der Waals surface area contributed by atoms with Gasteiger partial charge in [-0.3, -0.25) is 19.7 Å². The first-order valence-corrected chi connectivity index (χ1v) is 10.00. The summed E-state index contributed by atoms with van der Waals surface area (Å²) in [5.74, 6) is -1.14. The fourth-order valence-corrected chi connectivity index (χ4v) is 3.71. The molecule has 12 heteroatoms. The van der Waals surface area contributed by atoms with Crippen molar-refractivity contribution in [2.24, 2.45) is 5.10 Å². The summed E-state index contributed by atoms with van der Waals surface area (Å²) in [6.07, 6.45) is -1.01. The number of carbonyl (C=O) groups is 2. The molecular weight excluding hydrogens is 416 g/mol. The number of hydrogen-bond donors (Lipinski definition) is 1. The molecule has 0 saturated heterocycles. The lowest BCUT2D eigenvalue weighted by atomic mass is 10.1. The van der Waals surface area contributed by atoms with E-state index < -0.39 is 33.0 Å². The quantitative estimate of drug-likeness (QED) is 0.558. The fraction of sp³-hybridized carbons (Fsp3) is 0.167. The van der Waals surface area contributed by atoms with E-state index in [1.54, 1.807) is 6.07 Å². The predicted molar refractivity (Wildman–Crippen MR) is 103 cm³/mol. The van der Waals surface area contributed by atoms with Gasteiger partial charge in [0.1, 0.15) is 0 Å². The van der Waals surface area contributed by atoms with Crippen molar-refractivity contribution in [3.05, 3.63) is 69.8 Å². The average molecular weight is 432 g/mol. The highest BCUT2D eigenvalue weighted by atomic mass is 32.2. The smallest absolute Gasteiger partial charge is 0.269 e. The lowest BCUT2D eigenvalue weighted by Gasteiger charge is -2.19. The van der Waals surface area contributed by atoms with E-state index in [1.807, 2.05) is 4.72 Å². The van der Waals surface area contributed by atoms with Gasteiger partial charge < -0.3 is 4.74 Å². The van der Waals surface area contributed by atoms with E-state index in [-0.39, 0.29) is 16.5 Å². The van der Waals surface area contributed by atoms with Crippen LogP contribution in [0.15, 0.2) is 58.5 Å². The van der Waals surface area contributed by atoms with Crippen molar-refractivity contribution in [1.29, 1.82) is 0 Å². The number of sulfonamides is 1. The minimum Gasteiger partial charge on any atom is -0.446 e. The highest BCUT2D eigenvalue weighted by molar-refractivity contribution is 7.90. The Hall–Kier alpha value is -3.80. The first kappa shape index (κ1) is 20.9. The number of nitro benzene ring substituents is 1. The molecule has 0 spiro atoms. The van der Waals surface area contributed by atoms with Gasteiger partial charge >= 0.3 is 0 Å². The van der Waals surface area contributed by atoms with Crippen LogP contribution < -0.4 is 4.72 Å². The number of benzene rings is 2. The van der Waals surface area contributed by atoms with Crippen LogP contribution in [0.25, 0.3) is 0 Å². The molecule has 0 saturated carbocycles. The molecule has 3 rings (SSSR count). The maximum Gasteiger partial charge on any atom is 0.269 e. The molecule has 0 fully saturated rings. The van der Waals surface area contributed by atoms with Crippen molar-refractivity contribution in [3.63, 3.8) is 0 Å². The Balaban J connectivity index is 1.90. The van der Waals surface area contributed by atoms with E-state index in [0.717, 1.165) is 11.9 Å². The fourth-order valence-electron chi connectivity index (χ4n) is 2.72. The first-order chi connectivity index (χ1) is 14.1. The van der Waals surface area contributed by atoms with Crippen LogP contribution in [0, 0.1) is 10.1 Å². The van der Waals surface area contributed by atoms with Crippen molar-refractivity contribution in [1.82, 2.24) is 9.73 Å². The maximum absolute atomic E-state index is 12.0. The molecule has 0 bridgehead atoms. The van der Waals surface area contributed by atoms with Gasteiger partial charge in [0.05, 0.1) is 9.82 Å². The van der Waals surface area contributed by atoms with Gasteiger partial charge in [0.15, 0.2) is 0 Å². The molecule has 0 aromatic heterocycles. The van der Waals surface area contributed by atoms with Crippen molar-refractivity contribution in [2.75, 3.05) is 0 Å². The van der Waals surface area contributed by atoms with Crippen LogP contribution in [0.2, 0.25) is 0 Å². The lowest BCUT2D eigenvalue weighted by molar-refractivity contribution is -0.385. The van der Waals surface area contributed by atoms with E-state index in [2.05, 4.69) is 5.10 Å². The molecule has 1 aliphatic heterocycles. The summed E-state index contributed by atoms with van der Waals surface area (Å²) in [4.78, 5) is 33.4. The Morgan fingerprint density at radius 1 is 1.17 bits per heavy atom. The standard InChI is InChI=1S/C18H16N4O7S/c1-11(23)20-30(27,28)16-8-6-13(7-9-16)17-19-21(12(2)24)18(29-17)14-4-3-5-15(10-14)22(25)26/h3-10,18H,1-2H3,(H,20,23). The number of nitrogens with zero attached hydrogens (tertiary/aromatic N) is 3. The van der Waals surface area contributed by atoms with Crippen LogP contribution in [0.4, 0.5) is 5.69 Å². The van der Waals surface area contributed by atoms with Crippen molar-refractivity contribution < 1.29 is 27.7 Å². The molecular formula is C18H16N4O7S. The second-order valence-corrected chi connectivity index (χ2v) is 7.96. The number of amides is 2. The number of ether oxygens (including phenoxy) is 1. The molecule has 0 radical (unpaired) electrons. The second-order valence-electron chi connectivity index (χ2n) is 6.28. The van der Waals surface area contributed by atoms with Gasteiger partial charge in [-0.05, 0) is 24.3 Å². The monoisotopic (exact) mass is 432 g/mol. The highest BCUT2D eigenvalue weighted by Gasteiger charge is 2.34. The molecule has 1 aliphatic rings. The number of non-ortho nitro benzene ring substituents is 1. The van der Waals surface area contributed by atoms with Crippen LogP contribution in [0.5, 0.6) is 0 Å². The van der Waals surface area contributed by atoms with Gasteiger partial charge in [-0.15, -0.1) is 5.10 Å². The summed E-state index contributed by atoms with van der Waals surface area (Å²) in [5, 5.41) is 16.2. The van der Waals surface area contributed by atoms with Crippen LogP contribution in [-0.2, 0) is 24.3 Å². The van der Waals surface area contributed by atoms with Gasteiger partial charge in [0, 0.05) is 37.1 Å². The number of rotatable bonds is 5. The van der Waals surface area contributed by atoms with Gasteiger partial charge in [-0.1, -0.05) is 12.1 Å².